The van der Waals surface area contributed by atoms with E-state index in [0.717, 1.165) is 29.1 Å². The normalized spacial score (nSPS) is 10.9. The Morgan fingerprint density at radius 3 is 2.00 bits per heavy atom. The summed E-state index contributed by atoms with van der Waals surface area (Å²) in [6.45, 7) is 2.23. The summed E-state index contributed by atoms with van der Waals surface area (Å²) in [6.07, 6.45) is 3.59. The van der Waals surface area contributed by atoms with Crippen LogP contribution in [0.2, 0.25) is 0 Å². The standard InChI is InChI=1S/C25H24N2/c1-2-3-10-20-15-17-23(18-16-20)27-25(22-13-8-5-9-14-22)19-24(26-27)21-11-6-4-7-12-21/h4-9,11-19H,2-3,10H2,1H3. The Balaban J connectivity index is 1.77. The summed E-state index contributed by atoms with van der Waals surface area (Å²) in [7, 11) is 0. The number of aromatic nitrogens is 2. The Kier molecular flexibility index (Phi) is 5.15. The molecule has 0 amide bonds. The van der Waals surface area contributed by atoms with Crippen LogP contribution in [0.5, 0.6) is 0 Å². The predicted octanol–water partition coefficient (Wildman–Crippen LogP) is 6.55. The highest BCUT2D eigenvalue weighted by Crippen LogP contribution is 2.28. The molecule has 0 fully saturated rings. The van der Waals surface area contributed by atoms with Gasteiger partial charge in [-0.3, -0.25) is 0 Å². The third-order valence-corrected chi connectivity index (χ3v) is 4.85. The first-order chi connectivity index (χ1) is 13.3. The molecule has 4 aromatic rings. The van der Waals surface area contributed by atoms with Crippen molar-refractivity contribution in [3.05, 3.63) is 96.6 Å². The average molecular weight is 352 g/mol. The van der Waals surface area contributed by atoms with Crippen LogP contribution in [-0.4, -0.2) is 9.78 Å². The fraction of sp³-hybridized carbons (Fsp3) is 0.160. The molecule has 1 heterocycles. The Labute approximate surface area is 161 Å². The fourth-order valence-corrected chi connectivity index (χ4v) is 3.33. The lowest BCUT2D eigenvalue weighted by atomic mass is 10.1. The number of nitrogens with zero attached hydrogens (tertiary/aromatic N) is 2. The highest BCUT2D eigenvalue weighted by atomic mass is 15.3. The van der Waals surface area contributed by atoms with E-state index in [2.05, 4.69) is 90.5 Å². The predicted molar refractivity (Wildman–Crippen MR) is 113 cm³/mol. The van der Waals surface area contributed by atoms with Gasteiger partial charge in [-0.2, -0.15) is 5.10 Å². The number of rotatable bonds is 6. The van der Waals surface area contributed by atoms with E-state index in [-0.39, 0.29) is 0 Å². The van der Waals surface area contributed by atoms with Gasteiger partial charge in [0.1, 0.15) is 0 Å². The van der Waals surface area contributed by atoms with Crippen LogP contribution < -0.4 is 0 Å². The number of hydrogen-bond acceptors (Lipinski definition) is 1. The van der Waals surface area contributed by atoms with Crippen molar-refractivity contribution < 1.29 is 0 Å². The molecular weight excluding hydrogens is 328 g/mol. The van der Waals surface area contributed by atoms with E-state index in [9.17, 15) is 0 Å². The lowest BCUT2D eigenvalue weighted by molar-refractivity contribution is 0.794. The van der Waals surface area contributed by atoms with Crippen molar-refractivity contribution in [3.63, 3.8) is 0 Å². The number of unbranched alkanes of at least 4 members (excludes halogenated alkanes) is 1. The fourth-order valence-electron chi connectivity index (χ4n) is 3.33. The van der Waals surface area contributed by atoms with Gasteiger partial charge in [0.25, 0.3) is 0 Å². The zero-order valence-electron chi connectivity index (χ0n) is 15.7. The Morgan fingerprint density at radius 1 is 0.741 bits per heavy atom. The molecule has 0 saturated carbocycles. The highest BCUT2D eigenvalue weighted by molar-refractivity contribution is 5.70. The maximum absolute atomic E-state index is 4.94. The van der Waals surface area contributed by atoms with E-state index in [1.54, 1.807) is 0 Å². The first kappa shape index (κ1) is 17.3. The minimum atomic E-state index is 0.990. The van der Waals surface area contributed by atoms with E-state index in [1.165, 1.54) is 24.0 Å². The van der Waals surface area contributed by atoms with Gasteiger partial charge in [-0.1, -0.05) is 86.1 Å². The Bertz CT molecular complexity index is 984. The molecule has 2 nitrogen and oxygen atoms in total. The smallest absolute Gasteiger partial charge is 0.0934 e. The number of benzene rings is 3. The molecule has 2 heteroatoms. The lowest BCUT2D eigenvalue weighted by Gasteiger charge is -2.09. The van der Waals surface area contributed by atoms with Crippen molar-refractivity contribution >= 4 is 0 Å². The van der Waals surface area contributed by atoms with Crippen LogP contribution in [0.1, 0.15) is 25.3 Å². The second kappa shape index (κ2) is 8.05. The molecule has 0 atom stereocenters. The van der Waals surface area contributed by atoms with E-state index in [1.807, 2.05) is 12.1 Å². The molecular formula is C25H24N2. The Hall–Kier alpha value is -3.13. The first-order valence-electron chi connectivity index (χ1n) is 9.65. The summed E-state index contributed by atoms with van der Waals surface area (Å²) in [5.41, 5.74) is 6.88. The molecule has 0 N–H and O–H groups in total. The van der Waals surface area contributed by atoms with Gasteiger partial charge in [-0.05, 0) is 36.6 Å². The lowest BCUT2D eigenvalue weighted by Crippen LogP contribution is -1.99. The summed E-state index contributed by atoms with van der Waals surface area (Å²) >= 11 is 0. The number of aryl methyl sites for hydroxylation is 1. The van der Waals surface area contributed by atoms with Crippen molar-refractivity contribution in [2.75, 3.05) is 0 Å². The molecule has 0 spiro atoms. The molecule has 0 aliphatic rings. The minimum Gasteiger partial charge on any atom is -0.232 e. The quantitative estimate of drug-likeness (QED) is 0.385. The van der Waals surface area contributed by atoms with E-state index in [0.29, 0.717) is 0 Å². The van der Waals surface area contributed by atoms with E-state index >= 15 is 0 Å². The maximum Gasteiger partial charge on any atom is 0.0934 e. The summed E-state index contributed by atoms with van der Waals surface area (Å²) in [4.78, 5) is 0. The first-order valence-corrected chi connectivity index (χ1v) is 9.65. The summed E-state index contributed by atoms with van der Waals surface area (Å²) in [6, 6.07) is 31.8. The van der Waals surface area contributed by atoms with Crippen LogP contribution >= 0.6 is 0 Å². The average Bonchev–Trinajstić information content (AvgIpc) is 3.19. The van der Waals surface area contributed by atoms with Gasteiger partial charge in [0, 0.05) is 11.1 Å². The third kappa shape index (κ3) is 3.85. The van der Waals surface area contributed by atoms with Crippen LogP contribution in [0.3, 0.4) is 0 Å². The molecule has 0 aliphatic carbocycles. The van der Waals surface area contributed by atoms with Crippen molar-refractivity contribution in [1.82, 2.24) is 9.78 Å². The van der Waals surface area contributed by atoms with Gasteiger partial charge in [0.2, 0.25) is 0 Å². The van der Waals surface area contributed by atoms with Crippen LogP contribution in [0.25, 0.3) is 28.2 Å². The van der Waals surface area contributed by atoms with Gasteiger partial charge in [0.15, 0.2) is 0 Å². The monoisotopic (exact) mass is 352 g/mol. The second-order valence-corrected chi connectivity index (χ2v) is 6.83. The molecule has 1 aromatic heterocycles. The molecule has 134 valence electrons. The Morgan fingerprint density at radius 2 is 1.37 bits per heavy atom. The van der Waals surface area contributed by atoms with Crippen LogP contribution in [0.4, 0.5) is 0 Å². The van der Waals surface area contributed by atoms with Gasteiger partial charge in [-0.15, -0.1) is 0 Å². The third-order valence-electron chi connectivity index (χ3n) is 4.85. The maximum atomic E-state index is 4.94. The van der Waals surface area contributed by atoms with Crippen LogP contribution in [-0.2, 0) is 6.42 Å². The summed E-state index contributed by atoms with van der Waals surface area (Å²) in [5, 5.41) is 4.94. The number of hydrogen-bond donors (Lipinski definition) is 0. The topological polar surface area (TPSA) is 17.8 Å². The van der Waals surface area contributed by atoms with Crippen LogP contribution in [0.15, 0.2) is 91.0 Å². The molecule has 0 saturated heterocycles. The minimum absolute atomic E-state index is 0.990. The van der Waals surface area contributed by atoms with Gasteiger partial charge >= 0.3 is 0 Å². The molecule has 0 unspecified atom stereocenters. The largest absolute Gasteiger partial charge is 0.232 e. The zero-order valence-corrected chi connectivity index (χ0v) is 15.7. The molecule has 4 rings (SSSR count). The van der Waals surface area contributed by atoms with Crippen molar-refractivity contribution in [3.8, 4) is 28.2 Å². The second-order valence-electron chi connectivity index (χ2n) is 6.83. The van der Waals surface area contributed by atoms with Crippen LogP contribution in [0, 0.1) is 0 Å². The van der Waals surface area contributed by atoms with E-state index < -0.39 is 0 Å². The van der Waals surface area contributed by atoms with Gasteiger partial charge < -0.3 is 0 Å². The summed E-state index contributed by atoms with van der Waals surface area (Å²) in [5.74, 6) is 0. The molecule has 27 heavy (non-hydrogen) atoms. The summed E-state index contributed by atoms with van der Waals surface area (Å²) < 4.78 is 2.06. The van der Waals surface area contributed by atoms with E-state index in [4.69, 9.17) is 5.10 Å². The van der Waals surface area contributed by atoms with Crippen molar-refractivity contribution in [2.45, 2.75) is 26.2 Å². The van der Waals surface area contributed by atoms with Crippen molar-refractivity contribution in [2.24, 2.45) is 0 Å². The zero-order chi connectivity index (χ0) is 18.5. The highest BCUT2D eigenvalue weighted by Gasteiger charge is 2.12. The molecule has 3 aromatic carbocycles. The SMILES string of the molecule is CCCCc1ccc(-n2nc(-c3ccccc3)cc2-c2ccccc2)cc1. The van der Waals surface area contributed by atoms with Gasteiger partial charge in [0.05, 0.1) is 17.1 Å². The van der Waals surface area contributed by atoms with Crippen molar-refractivity contribution in [1.29, 1.82) is 0 Å². The van der Waals surface area contributed by atoms with Gasteiger partial charge in [-0.25, -0.2) is 4.68 Å². The molecule has 0 bridgehead atoms. The molecule has 0 radical (unpaired) electrons. The molecule has 0 aliphatic heterocycles.